The van der Waals surface area contributed by atoms with Crippen molar-refractivity contribution in [1.82, 2.24) is 5.32 Å². The predicted octanol–water partition coefficient (Wildman–Crippen LogP) is 2.69. The maximum atomic E-state index is 10.9. The fourth-order valence-electron chi connectivity index (χ4n) is 2.27. The summed E-state index contributed by atoms with van der Waals surface area (Å²) < 4.78 is 16.2. The monoisotopic (exact) mass is 378 g/mol. The molecule has 2 aromatic rings. The molecule has 0 spiro atoms. The van der Waals surface area contributed by atoms with E-state index in [2.05, 4.69) is 5.32 Å². The third-order valence-corrected chi connectivity index (χ3v) is 3.83. The van der Waals surface area contributed by atoms with Gasteiger partial charge in [-0.2, -0.15) is 0 Å². The number of methoxy groups -OCH3 is 1. The van der Waals surface area contributed by atoms with Gasteiger partial charge in [-0.3, -0.25) is 4.79 Å². The average molecular weight is 379 g/mol. The second-order valence-electron chi connectivity index (χ2n) is 5.70. The molecular formula is C19H23ClN2O4. The van der Waals surface area contributed by atoms with Gasteiger partial charge in [0.05, 0.1) is 12.1 Å². The van der Waals surface area contributed by atoms with Crippen molar-refractivity contribution < 1.29 is 19.0 Å². The van der Waals surface area contributed by atoms with Gasteiger partial charge in [-0.05, 0) is 36.8 Å². The molecule has 0 unspecified atom stereocenters. The fourth-order valence-corrected chi connectivity index (χ4v) is 2.55. The third-order valence-electron chi connectivity index (χ3n) is 3.55. The van der Waals surface area contributed by atoms with Gasteiger partial charge in [0.2, 0.25) is 0 Å². The van der Waals surface area contributed by atoms with Crippen molar-refractivity contribution in [2.45, 2.75) is 13.5 Å². The van der Waals surface area contributed by atoms with Crippen molar-refractivity contribution in [1.29, 1.82) is 0 Å². The number of primary amides is 1. The van der Waals surface area contributed by atoms with Crippen LogP contribution in [-0.2, 0) is 11.3 Å². The van der Waals surface area contributed by atoms with E-state index in [9.17, 15) is 4.79 Å². The maximum absolute atomic E-state index is 10.9. The van der Waals surface area contributed by atoms with Gasteiger partial charge < -0.3 is 25.3 Å². The summed E-state index contributed by atoms with van der Waals surface area (Å²) in [7, 11) is 1.51. The van der Waals surface area contributed by atoms with E-state index in [-0.39, 0.29) is 6.61 Å². The lowest BCUT2D eigenvalue weighted by Gasteiger charge is -2.14. The molecule has 0 heterocycles. The van der Waals surface area contributed by atoms with Crippen LogP contribution in [0.25, 0.3) is 0 Å². The Hall–Kier alpha value is -2.44. The minimum absolute atomic E-state index is 0.260. The smallest absolute Gasteiger partial charge is 0.255 e. The summed E-state index contributed by atoms with van der Waals surface area (Å²) in [5.74, 6) is 1.02. The van der Waals surface area contributed by atoms with Crippen LogP contribution in [0.2, 0.25) is 5.02 Å². The van der Waals surface area contributed by atoms with Crippen molar-refractivity contribution in [3.05, 3.63) is 52.5 Å². The highest BCUT2D eigenvalue weighted by atomic mass is 35.5. The highest BCUT2D eigenvalue weighted by Crippen LogP contribution is 2.36. The second kappa shape index (κ2) is 9.89. The van der Waals surface area contributed by atoms with Crippen molar-refractivity contribution in [3.8, 4) is 17.2 Å². The van der Waals surface area contributed by atoms with Gasteiger partial charge in [-0.1, -0.05) is 29.3 Å². The number of hydrogen-bond donors (Lipinski definition) is 2. The van der Waals surface area contributed by atoms with Gasteiger partial charge in [-0.25, -0.2) is 0 Å². The van der Waals surface area contributed by atoms with Crippen LogP contribution >= 0.6 is 11.6 Å². The van der Waals surface area contributed by atoms with Crippen molar-refractivity contribution in [3.63, 3.8) is 0 Å². The van der Waals surface area contributed by atoms with Gasteiger partial charge in [-0.15, -0.1) is 0 Å². The van der Waals surface area contributed by atoms with Crippen LogP contribution in [0.15, 0.2) is 36.4 Å². The SMILES string of the molecule is COc1cc(CNCCOc2ccc(C)cc2)cc(Cl)c1OCC(N)=O. The van der Waals surface area contributed by atoms with Crippen LogP contribution in [-0.4, -0.2) is 32.8 Å². The molecule has 0 fully saturated rings. The van der Waals surface area contributed by atoms with Gasteiger partial charge in [0, 0.05) is 13.1 Å². The molecule has 0 bridgehead atoms. The van der Waals surface area contributed by atoms with Crippen molar-refractivity contribution in [2.75, 3.05) is 26.9 Å². The summed E-state index contributed by atoms with van der Waals surface area (Å²) in [5.41, 5.74) is 7.21. The van der Waals surface area contributed by atoms with Gasteiger partial charge in [0.1, 0.15) is 12.4 Å². The summed E-state index contributed by atoms with van der Waals surface area (Å²) in [6.45, 7) is 3.59. The molecule has 0 radical (unpaired) electrons. The van der Waals surface area contributed by atoms with Crippen LogP contribution in [0, 0.1) is 6.92 Å². The van der Waals surface area contributed by atoms with Crippen molar-refractivity contribution in [2.24, 2.45) is 5.73 Å². The van der Waals surface area contributed by atoms with E-state index in [1.165, 1.54) is 12.7 Å². The molecule has 0 aliphatic heterocycles. The van der Waals surface area contributed by atoms with Crippen LogP contribution in [0.3, 0.4) is 0 Å². The minimum Gasteiger partial charge on any atom is -0.493 e. The Labute approximate surface area is 158 Å². The minimum atomic E-state index is -0.581. The average Bonchev–Trinajstić information content (AvgIpc) is 2.61. The summed E-state index contributed by atoms with van der Waals surface area (Å²) in [6, 6.07) is 11.5. The van der Waals surface area contributed by atoms with Crippen LogP contribution < -0.4 is 25.3 Å². The number of nitrogens with two attached hydrogens (primary N) is 1. The molecule has 0 aliphatic rings. The molecule has 140 valence electrons. The van der Waals surface area contributed by atoms with Crippen LogP contribution in [0.5, 0.6) is 17.2 Å². The number of benzene rings is 2. The Morgan fingerprint density at radius 1 is 1.19 bits per heavy atom. The number of hydrogen-bond acceptors (Lipinski definition) is 5. The quantitative estimate of drug-likeness (QED) is 0.621. The zero-order valence-electron chi connectivity index (χ0n) is 14.9. The number of rotatable bonds is 10. The largest absolute Gasteiger partial charge is 0.493 e. The lowest BCUT2D eigenvalue weighted by Crippen LogP contribution is -2.21. The van der Waals surface area contributed by atoms with E-state index in [0.29, 0.717) is 36.2 Å². The first-order valence-corrected chi connectivity index (χ1v) is 8.55. The van der Waals surface area contributed by atoms with E-state index < -0.39 is 5.91 Å². The predicted molar refractivity (Wildman–Crippen MR) is 101 cm³/mol. The molecule has 0 atom stereocenters. The van der Waals surface area contributed by atoms with Crippen molar-refractivity contribution >= 4 is 17.5 Å². The Balaban J connectivity index is 1.84. The third kappa shape index (κ3) is 6.13. The summed E-state index contributed by atoms with van der Waals surface area (Å²) in [6.07, 6.45) is 0. The molecule has 1 amide bonds. The molecule has 3 N–H and O–H groups in total. The number of carbonyl (C=O) groups is 1. The number of aryl methyl sites for hydroxylation is 1. The van der Waals surface area contributed by atoms with Gasteiger partial charge in [0.15, 0.2) is 18.1 Å². The summed E-state index contributed by atoms with van der Waals surface area (Å²) >= 11 is 6.22. The topological polar surface area (TPSA) is 82.8 Å². The highest BCUT2D eigenvalue weighted by Gasteiger charge is 2.13. The molecule has 2 rings (SSSR count). The molecular weight excluding hydrogens is 356 g/mol. The van der Waals surface area contributed by atoms with E-state index in [1.54, 1.807) is 12.1 Å². The van der Waals surface area contributed by atoms with Gasteiger partial charge >= 0.3 is 0 Å². The Morgan fingerprint density at radius 3 is 2.58 bits per heavy atom. The van der Waals surface area contributed by atoms with E-state index in [1.807, 2.05) is 31.2 Å². The Morgan fingerprint density at radius 2 is 1.92 bits per heavy atom. The van der Waals surface area contributed by atoms with Crippen LogP contribution in [0.1, 0.15) is 11.1 Å². The van der Waals surface area contributed by atoms with Gasteiger partial charge in [0.25, 0.3) is 5.91 Å². The fraction of sp³-hybridized carbons (Fsp3) is 0.316. The maximum Gasteiger partial charge on any atom is 0.255 e. The zero-order chi connectivity index (χ0) is 18.9. The Kier molecular flexibility index (Phi) is 7.56. The number of halogens is 1. The van der Waals surface area contributed by atoms with E-state index in [0.717, 1.165) is 11.3 Å². The number of ether oxygens (including phenoxy) is 3. The van der Waals surface area contributed by atoms with E-state index in [4.69, 9.17) is 31.5 Å². The number of amides is 1. The first-order chi connectivity index (χ1) is 12.5. The summed E-state index contributed by atoms with van der Waals surface area (Å²) in [5, 5.41) is 3.64. The molecule has 0 saturated heterocycles. The molecule has 6 nitrogen and oxygen atoms in total. The first-order valence-electron chi connectivity index (χ1n) is 8.17. The zero-order valence-corrected chi connectivity index (χ0v) is 15.6. The molecule has 7 heteroatoms. The van der Waals surface area contributed by atoms with Crippen LogP contribution in [0.4, 0.5) is 0 Å². The normalized spacial score (nSPS) is 10.4. The molecule has 26 heavy (non-hydrogen) atoms. The lowest BCUT2D eigenvalue weighted by atomic mass is 10.2. The molecule has 2 aromatic carbocycles. The highest BCUT2D eigenvalue weighted by molar-refractivity contribution is 6.32. The first kappa shape index (κ1) is 19.9. The number of carbonyl (C=O) groups excluding carboxylic acids is 1. The van der Waals surface area contributed by atoms with E-state index >= 15 is 0 Å². The Bertz CT molecular complexity index is 735. The molecule has 0 aliphatic carbocycles. The summed E-state index contributed by atoms with van der Waals surface area (Å²) in [4.78, 5) is 10.9. The number of nitrogens with one attached hydrogen (secondary N) is 1. The second-order valence-corrected chi connectivity index (χ2v) is 6.11. The lowest BCUT2D eigenvalue weighted by molar-refractivity contribution is -0.119. The molecule has 0 saturated carbocycles. The standard InChI is InChI=1S/C19H23ClN2O4/c1-13-3-5-15(6-4-13)25-8-7-22-11-14-9-16(20)19(17(10-14)24-2)26-12-18(21)23/h3-6,9-10,22H,7-8,11-12H2,1-2H3,(H2,21,23). The molecule has 0 aromatic heterocycles.